The number of nitrogens with zero attached hydrogens (tertiary/aromatic N) is 5. The lowest BCUT2D eigenvalue weighted by Crippen LogP contribution is -2.50. The lowest BCUT2D eigenvalue weighted by Gasteiger charge is -2.35. The zero-order valence-corrected chi connectivity index (χ0v) is 15.1. The van der Waals surface area contributed by atoms with Crippen LogP contribution in [0.4, 0.5) is 16.3 Å². The first-order chi connectivity index (χ1) is 12.1. The van der Waals surface area contributed by atoms with E-state index in [2.05, 4.69) is 34.1 Å². The topological polar surface area (TPSA) is 66.3 Å². The second kappa shape index (κ2) is 7.55. The van der Waals surface area contributed by atoms with Crippen molar-refractivity contribution in [2.24, 2.45) is 0 Å². The average Bonchev–Trinajstić information content (AvgIpc) is 3.02. The zero-order chi connectivity index (χ0) is 17.8. The van der Waals surface area contributed by atoms with Crippen LogP contribution in [-0.2, 0) is 0 Å². The van der Waals surface area contributed by atoms with Crippen LogP contribution in [0.3, 0.4) is 0 Å². The van der Waals surface area contributed by atoms with Gasteiger partial charge in [0.15, 0.2) is 0 Å². The molecule has 1 N–H and O–H groups in total. The van der Waals surface area contributed by atoms with Crippen molar-refractivity contribution in [1.82, 2.24) is 19.7 Å². The van der Waals surface area contributed by atoms with Crippen LogP contribution in [-0.4, -0.2) is 51.9 Å². The summed E-state index contributed by atoms with van der Waals surface area (Å²) in [6.45, 7) is 9.19. The maximum absolute atomic E-state index is 12.6. The standard InChI is InChI=1S/C18H26N6O/c1-4-14(2)24-15(3)16(13-20-24)21-18(25)23-11-9-22(10-12-23)17-7-5-6-8-19-17/h5-8,13-14H,4,9-12H2,1-3H3,(H,21,25). The molecule has 1 atom stereocenters. The molecule has 3 rings (SSSR count). The Bertz CT molecular complexity index is 706. The van der Waals surface area contributed by atoms with E-state index in [0.717, 1.165) is 36.7 Å². The summed E-state index contributed by atoms with van der Waals surface area (Å²) in [7, 11) is 0. The summed E-state index contributed by atoms with van der Waals surface area (Å²) in [5, 5.41) is 7.41. The molecular weight excluding hydrogens is 316 g/mol. The lowest BCUT2D eigenvalue weighted by molar-refractivity contribution is 0.208. The van der Waals surface area contributed by atoms with E-state index in [1.54, 1.807) is 12.4 Å². The zero-order valence-electron chi connectivity index (χ0n) is 15.1. The van der Waals surface area contributed by atoms with Gasteiger partial charge in [-0.05, 0) is 32.4 Å². The van der Waals surface area contributed by atoms with Crippen LogP contribution >= 0.6 is 0 Å². The van der Waals surface area contributed by atoms with Crippen LogP contribution in [0.15, 0.2) is 30.6 Å². The average molecular weight is 342 g/mol. The maximum atomic E-state index is 12.6. The van der Waals surface area contributed by atoms with Gasteiger partial charge in [-0.25, -0.2) is 9.78 Å². The number of aromatic nitrogens is 3. The SMILES string of the molecule is CCC(C)n1ncc(NC(=O)N2CCN(c3ccccn3)CC2)c1C. The summed E-state index contributed by atoms with van der Waals surface area (Å²) < 4.78 is 1.97. The lowest BCUT2D eigenvalue weighted by atomic mass is 10.2. The Kier molecular flexibility index (Phi) is 5.21. The summed E-state index contributed by atoms with van der Waals surface area (Å²) in [4.78, 5) is 21.0. The van der Waals surface area contributed by atoms with Crippen LogP contribution in [0.2, 0.25) is 0 Å². The number of piperazine rings is 1. The molecule has 0 aliphatic carbocycles. The first kappa shape index (κ1) is 17.3. The van der Waals surface area contributed by atoms with Gasteiger partial charge in [0.2, 0.25) is 0 Å². The Morgan fingerprint density at radius 3 is 2.68 bits per heavy atom. The van der Waals surface area contributed by atoms with Crippen LogP contribution in [0.25, 0.3) is 0 Å². The first-order valence-electron chi connectivity index (χ1n) is 8.86. The highest BCUT2D eigenvalue weighted by Gasteiger charge is 2.23. The molecule has 1 aliphatic heterocycles. The third-order valence-electron chi connectivity index (χ3n) is 4.83. The molecule has 1 unspecified atom stereocenters. The number of carbonyl (C=O) groups excluding carboxylic acids is 1. The molecule has 0 spiro atoms. The Balaban J connectivity index is 1.57. The number of nitrogens with one attached hydrogen (secondary N) is 1. The fraction of sp³-hybridized carbons (Fsp3) is 0.500. The van der Waals surface area contributed by atoms with Gasteiger partial charge in [-0.3, -0.25) is 4.68 Å². The molecule has 0 aromatic carbocycles. The molecule has 134 valence electrons. The van der Waals surface area contributed by atoms with Gasteiger partial charge >= 0.3 is 6.03 Å². The highest BCUT2D eigenvalue weighted by molar-refractivity contribution is 5.90. The van der Waals surface area contributed by atoms with E-state index in [1.165, 1.54) is 0 Å². The molecule has 2 aromatic heterocycles. The summed E-state index contributed by atoms with van der Waals surface area (Å²) in [5.41, 5.74) is 1.78. The molecule has 3 heterocycles. The molecule has 1 fully saturated rings. The van der Waals surface area contributed by atoms with Crippen molar-refractivity contribution in [3.63, 3.8) is 0 Å². The summed E-state index contributed by atoms with van der Waals surface area (Å²) in [6, 6.07) is 6.16. The minimum Gasteiger partial charge on any atom is -0.353 e. The van der Waals surface area contributed by atoms with Gasteiger partial charge < -0.3 is 15.1 Å². The third kappa shape index (κ3) is 3.75. The predicted molar refractivity (Wildman–Crippen MR) is 99.0 cm³/mol. The molecule has 1 aliphatic rings. The maximum Gasteiger partial charge on any atom is 0.322 e. The van der Waals surface area contributed by atoms with Gasteiger partial charge in [0, 0.05) is 38.4 Å². The summed E-state index contributed by atoms with van der Waals surface area (Å²) >= 11 is 0. The monoisotopic (exact) mass is 342 g/mol. The van der Waals surface area contributed by atoms with Gasteiger partial charge in [-0.1, -0.05) is 13.0 Å². The van der Waals surface area contributed by atoms with Crippen LogP contribution in [0.1, 0.15) is 32.0 Å². The van der Waals surface area contributed by atoms with Crippen LogP contribution in [0.5, 0.6) is 0 Å². The number of hydrogen-bond acceptors (Lipinski definition) is 4. The number of amides is 2. The Hall–Kier alpha value is -2.57. The van der Waals surface area contributed by atoms with Crippen LogP contribution < -0.4 is 10.2 Å². The number of rotatable bonds is 4. The Morgan fingerprint density at radius 1 is 1.28 bits per heavy atom. The minimum atomic E-state index is -0.0625. The highest BCUT2D eigenvalue weighted by atomic mass is 16.2. The fourth-order valence-electron chi connectivity index (χ4n) is 3.04. The van der Waals surface area contributed by atoms with Crippen molar-refractivity contribution in [2.45, 2.75) is 33.2 Å². The number of urea groups is 1. The molecule has 0 radical (unpaired) electrons. The number of carbonyl (C=O) groups is 1. The normalized spacial score (nSPS) is 16.0. The summed E-state index contributed by atoms with van der Waals surface area (Å²) in [6.07, 6.45) is 4.54. The second-order valence-corrected chi connectivity index (χ2v) is 6.44. The van der Waals surface area contributed by atoms with E-state index in [4.69, 9.17) is 0 Å². The van der Waals surface area contributed by atoms with Gasteiger partial charge in [0.1, 0.15) is 5.82 Å². The van der Waals surface area contributed by atoms with E-state index in [0.29, 0.717) is 19.1 Å². The second-order valence-electron chi connectivity index (χ2n) is 6.44. The largest absolute Gasteiger partial charge is 0.353 e. The van der Waals surface area contributed by atoms with E-state index in [9.17, 15) is 4.79 Å². The molecule has 2 amide bonds. The van der Waals surface area contributed by atoms with E-state index >= 15 is 0 Å². The van der Waals surface area contributed by atoms with Crippen molar-refractivity contribution in [2.75, 3.05) is 36.4 Å². The van der Waals surface area contributed by atoms with E-state index < -0.39 is 0 Å². The molecule has 2 aromatic rings. The number of anilines is 2. The molecule has 0 bridgehead atoms. The van der Waals surface area contributed by atoms with Gasteiger partial charge in [-0.15, -0.1) is 0 Å². The third-order valence-corrected chi connectivity index (χ3v) is 4.83. The molecule has 0 saturated carbocycles. The molecule has 7 nitrogen and oxygen atoms in total. The summed E-state index contributed by atoms with van der Waals surface area (Å²) in [5.74, 6) is 0.966. The number of pyridine rings is 1. The molecule has 25 heavy (non-hydrogen) atoms. The Labute approximate surface area is 148 Å². The van der Waals surface area contributed by atoms with Crippen molar-refractivity contribution in [3.05, 3.63) is 36.3 Å². The first-order valence-corrected chi connectivity index (χ1v) is 8.86. The minimum absolute atomic E-state index is 0.0625. The smallest absolute Gasteiger partial charge is 0.322 e. The fourth-order valence-corrected chi connectivity index (χ4v) is 3.04. The highest BCUT2D eigenvalue weighted by Crippen LogP contribution is 2.20. The molecular formula is C18H26N6O. The van der Waals surface area contributed by atoms with Crippen molar-refractivity contribution in [3.8, 4) is 0 Å². The predicted octanol–water partition coefficient (Wildman–Crippen LogP) is 2.91. The Morgan fingerprint density at radius 2 is 2.04 bits per heavy atom. The van der Waals surface area contributed by atoms with Gasteiger partial charge in [0.25, 0.3) is 0 Å². The molecule has 1 saturated heterocycles. The quantitative estimate of drug-likeness (QED) is 0.928. The molecule has 7 heteroatoms. The number of hydrogen-bond donors (Lipinski definition) is 1. The van der Waals surface area contributed by atoms with E-state index in [1.807, 2.05) is 34.7 Å². The van der Waals surface area contributed by atoms with Crippen molar-refractivity contribution >= 4 is 17.5 Å². The van der Waals surface area contributed by atoms with Gasteiger partial charge in [0.05, 0.1) is 17.6 Å². The van der Waals surface area contributed by atoms with Crippen molar-refractivity contribution < 1.29 is 4.79 Å². The van der Waals surface area contributed by atoms with Crippen molar-refractivity contribution in [1.29, 1.82) is 0 Å². The van der Waals surface area contributed by atoms with E-state index in [-0.39, 0.29) is 6.03 Å². The van der Waals surface area contributed by atoms with Gasteiger partial charge in [-0.2, -0.15) is 5.10 Å². The van der Waals surface area contributed by atoms with Crippen LogP contribution in [0, 0.1) is 6.92 Å².